The maximum atomic E-state index is 13.6. The second-order valence-corrected chi connectivity index (χ2v) is 10.5. The normalized spacial score (nSPS) is 16.3. The highest BCUT2D eigenvalue weighted by Gasteiger charge is 2.47. The number of carbonyl (C=O) groups is 2. The summed E-state index contributed by atoms with van der Waals surface area (Å²) in [5.41, 5.74) is 1.66. The first-order chi connectivity index (χ1) is 15.8. The van der Waals surface area contributed by atoms with Gasteiger partial charge in [-0.1, -0.05) is 52.7 Å². The largest absolute Gasteiger partial charge is 0.503 e. The molecule has 1 N–H and O–H groups in total. The fourth-order valence-electron chi connectivity index (χ4n) is 3.88. The fraction of sp³-hybridized carbons (Fsp3) is 0.130. The zero-order valence-corrected chi connectivity index (χ0v) is 20.4. The van der Waals surface area contributed by atoms with Gasteiger partial charge in [0, 0.05) is 10.0 Å². The summed E-state index contributed by atoms with van der Waals surface area (Å²) in [6, 6.07) is 11.2. The minimum Gasteiger partial charge on any atom is -0.503 e. The van der Waals surface area contributed by atoms with Crippen LogP contribution in [0.15, 0.2) is 53.8 Å². The summed E-state index contributed by atoms with van der Waals surface area (Å²) < 4.78 is 0.774. The molecule has 166 valence electrons. The highest BCUT2D eigenvalue weighted by atomic mass is 35.5. The van der Waals surface area contributed by atoms with E-state index in [0.717, 1.165) is 9.71 Å². The van der Waals surface area contributed by atoms with Crippen LogP contribution in [-0.4, -0.2) is 26.8 Å². The Morgan fingerprint density at radius 3 is 2.55 bits per heavy atom. The van der Waals surface area contributed by atoms with Gasteiger partial charge in [-0.15, -0.1) is 11.3 Å². The van der Waals surface area contributed by atoms with Crippen LogP contribution in [0.2, 0.25) is 10.0 Å². The summed E-state index contributed by atoms with van der Waals surface area (Å²) in [4.78, 5) is 37.6. The molecule has 0 spiro atoms. The molecule has 0 bridgehead atoms. The van der Waals surface area contributed by atoms with Gasteiger partial charge < -0.3 is 5.11 Å². The number of benzene rings is 2. The third kappa shape index (κ3) is 3.63. The van der Waals surface area contributed by atoms with Crippen molar-refractivity contribution in [2.45, 2.75) is 19.9 Å². The number of nitrogens with zero attached hydrogens (tertiary/aromatic N) is 3. The number of hydrogen-bond donors (Lipinski definition) is 1. The lowest BCUT2D eigenvalue weighted by Gasteiger charge is -2.25. The second kappa shape index (κ2) is 8.22. The number of aliphatic hydroxyl groups is 1. The highest BCUT2D eigenvalue weighted by Crippen LogP contribution is 2.46. The van der Waals surface area contributed by atoms with Gasteiger partial charge in [0.2, 0.25) is 5.78 Å². The second-order valence-electron chi connectivity index (χ2n) is 7.45. The Morgan fingerprint density at radius 1 is 1.09 bits per heavy atom. The number of hydrogen-bond acceptors (Lipinski definition) is 7. The SMILES string of the molecule is Cc1nc(C)c(C(=O)C2=C(O)C(=O)N(c3nc4ccc(Cl)cc4s3)C2c2ccccc2Cl)s1. The Balaban J connectivity index is 1.71. The van der Waals surface area contributed by atoms with E-state index in [1.54, 1.807) is 56.3 Å². The first kappa shape index (κ1) is 22.0. The molecule has 1 amide bonds. The first-order valence-electron chi connectivity index (χ1n) is 9.82. The third-order valence-electron chi connectivity index (χ3n) is 5.31. The molecule has 33 heavy (non-hydrogen) atoms. The van der Waals surface area contributed by atoms with Crippen molar-refractivity contribution < 1.29 is 14.7 Å². The Hall–Kier alpha value is -2.78. The van der Waals surface area contributed by atoms with Crippen LogP contribution in [0, 0.1) is 13.8 Å². The van der Waals surface area contributed by atoms with Crippen LogP contribution >= 0.6 is 45.9 Å². The summed E-state index contributed by atoms with van der Waals surface area (Å²) in [5, 5.41) is 12.9. The minimum atomic E-state index is -0.948. The lowest BCUT2D eigenvalue weighted by atomic mass is 9.95. The molecule has 0 saturated heterocycles. The molecule has 0 fully saturated rings. The van der Waals surface area contributed by atoms with Crippen molar-refractivity contribution in [1.29, 1.82) is 0 Å². The predicted molar refractivity (Wildman–Crippen MR) is 132 cm³/mol. The maximum absolute atomic E-state index is 13.6. The molecule has 0 radical (unpaired) electrons. The van der Waals surface area contributed by atoms with E-state index in [-0.39, 0.29) is 5.57 Å². The third-order valence-corrected chi connectivity index (χ3v) is 7.98. The van der Waals surface area contributed by atoms with Gasteiger partial charge in [0.15, 0.2) is 10.9 Å². The number of halogens is 2. The summed E-state index contributed by atoms with van der Waals surface area (Å²) in [7, 11) is 0. The Kier molecular flexibility index (Phi) is 5.49. The molecule has 3 heterocycles. The molecule has 1 unspecified atom stereocenters. The van der Waals surface area contributed by atoms with Gasteiger partial charge in [-0.05, 0) is 43.7 Å². The molecule has 1 atom stereocenters. The number of amides is 1. The summed E-state index contributed by atoms with van der Waals surface area (Å²) >= 11 is 15.1. The number of Topliss-reactive ketones (excluding diaryl/α,β-unsaturated/α-hetero) is 1. The van der Waals surface area contributed by atoms with Crippen LogP contribution < -0.4 is 4.90 Å². The van der Waals surface area contributed by atoms with Crippen LogP contribution in [0.1, 0.15) is 32.0 Å². The number of aliphatic hydroxyl groups excluding tert-OH is 1. The molecule has 0 aliphatic carbocycles. The van der Waals surface area contributed by atoms with Gasteiger partial charge in [-0.2, -0.15) is 0 Å². The summed E-state index contributed by atoms with van der Waals surface area (Å²) in [5.74, 6) is -1.79. The van der Waals surface area contributed by atoms with E-state index >= 15 is 0 Å². The zero-order valence-electron chi connectivity index (χ0n) is 17.3. The van der Waals surface area contributed by atoms with Gasteiger partial charge in [0.05, 0.1) is 37.4 Å². The molecular formula is C23H15Cl2N3O3S2. The van der Waals surface area contributed by atoms with Crippen molar-refractivity contribution in [2.75, 3.05) is 4.90 Å². The zero-order chi connectivity index (χ0) is 23.4. The van der Waals surface area contributed by atoms with E-state index in [2.05, 4.69) is 9.97 Å². The van der Waals surface area contributed by atoms with Crippen molar-refractivity contribution in [3.63, 3.8) is 0 Å². The molecule has 4 aromatic rings. The molecular weight excluding hydrogens is 501 g/mol. The lowest BCUT2D eigenvalue weighted by Crippen LogP contribution is -2.31. The first-order valence-corrected chi connectivity index (χ1v) is 12.2. The predicted octanol–water partition coefficient (Wildman–Crippen LogP) is 6.46. The lowest BCUT2D eigenvalue weighted by molar-refractivity contribution is -0.117. The highest BCUT2D eigenvalue weighted by molar-refractivity contribution is 7.22. The van der Waals surface area contributed by atoms with E-state index in [1.165, 1.54) is 27.6 Å². The van der Waals surface area contributed by atoms with Crippen LogP contribution in [0.25, 0.3) is 10.2 Å². The molecule has 2 aromatic carbocycles. The quantitative estimate of drug-likeness (QED) is 0.315. The minimum absolute atomic E-state index is 0.0443. The summed E-state index contributed by atoms with van der Waals surface area (Å²) in [6.45, 7) is 3.53. The number of anilines is 1. The van der Waals surface area contributed by atoms with E-state index < -0.39 is 23.5 Å². The molecule has 10 heteroatoms. The molecule has 5 rings (SSSR count). The van der Waals surface area contributed by atoms with Crippen molar-refractivity contribution in [1.82, 2.24) is 9.97 Å². The van der Waals surface area contributed by atoms with Crippen LogP contribution in [0.5, 0.6) is 0 Å². The Bertz CT molecular complexity index is 1490. The van der Waals surface area contributed by atoms with Crippen molar-refractivity contribution in [3.8, 4) is 0 Å². The van der Waals surface area contributed by atoms with Gasteiger partial charge in [0.1, 0.15) is 0 Å². The van der Waals surface area contributed by atoms with Crippen molar-refractivity contribution in [3.05, 3.63) is 85.0 Å². The Labute approximate surface area is 206 Å². The molecule has 0 saturated carbocycles. The summed E-state index contributed by atoms with van der Waals surface area (Å²) in [6.07, 6.45) is 0. The van der Waals surface area contributed by atoms with E-state index in [9.17, 15) is 14.7 Å². The van der Waals surface area contributed by atoms with Crippen molar-refractivity contribution >= 4 is 72.9 Å². The maximum Gasteiger partial charge on any atom is 0.296 e. The molecule has 6 nitrogen and oxygen atoms in total. The van der Waals surface area contributed by atoms with E-state index in [1.807, 2.05) is 0 Å². The average molecular weight is 516 g/mol. The average Bonchev–Trinajstić information content (AvgIpc) is 3.41. The number of aromatic nitrogens is 2. The van der Waals surface area contributed by atoms with Crippen molar-refractivity contribution in [2.24, 2.45) is 0 Å². The standard InChI is InChI=1S/C23H15Cl2N3O3S2/c1-10-21(32-11(2)26-10)19(29)17-18(13-5-3-4-6-14(13)25)28(22(31)20(17)30)23-27-15-8-7-12(24)9-16(15)33-23/h3-9,18,30H,1-2H3. The number of fused-ring (bicyclic) bond motifs is 1. The number of aryl methyl sites for hydroxylation is 2. The number of carbonyl (C=O) groups excluding carboxylic acids is 2. The van der Waals surface area contributed by atoms with E-state index in [4.69, 9.17) is 23.2 Å². The van der Waals surface area contributed by atoms with Gasteiger partial charge >= 0.3 is 0 Å². The van der Waals surface area contributed by atoms with Crippen LogP contribution in [0.4, 0.5) is 5.13 Å². The van der Waals surface area contributed by atoms with Crippen LogP contribution in [-0.2, 0) is 4.79 Å². The molecule has 1 aliphatic heterocycles. The molecule has 1 aliphatic rings. The Morgan fingerprint density at radius 2 is 1.85 bits per heavy atom. The number of rotatable bonds is 4. The van der Waals surface area contributed by atoms with E-state index in [0.29, 0.717) is 36.8 Å². The monoisotopic (exact) mass is 515 g/mol. The number of ketones is 1. The smallest absolute Gasteiger partial charge is 0.296 e. The van der Waals surface area contributed by atoms with Gasteiger partial charge in [0.25, 0.3) is 5.91 Å². The van der Waals surface area contributed by atoms with Crippen LogP contribution in [0.3, 0.4) is 0 Å². The van der Waals surface area contributed by atoms with Gasteiger partial charge in [-0.3, -0.25) is 14.5 Å². The molecule has 2 aromatic heterocycles. The fourth-order valence-corrected chi connectivity index (χ4v) is 6.26. The number of thiazole rings is 2. The van der Waals surface area contributed by atoms with Gasteiger partial charge in [-0.25, -0.2) is 9.97 Å². The topological polar surface area (TPSA) is 83.4 Å².